The van der Waals surface area contributed by atoms with E-state index in [2.05, 4.69) is 34.3 Å². The molecule has 0 unspecified atom stereocenters. The maximum atomic E-state index is 12.3. The number of carbonyl (C=O) groups excluding carboxylic acids is 1. The summed E-state index contributed by atoms with van der Waals surface area (Å²) < 4.78 is 5.44. The van der Waals surface area contributed by atoms with Crippen molar-refractivity contribution in [3.8, 4) is 0 Å². The number of rotatable bonds is 4. The maximum absolute atomic E-state index is 12.3. The molecule has 5 nitrogen and oxygen atoms in total. The second-order valence-electron chi connectivity index (χ2n) is 5.82. The first-order valence-electron chi connectivity index (χ1n) is 7.81. The maximum Gasteiger partial charge on any atom is 0.242 e. The third-order valence-electron chi connectivity index (χ3n) is 4.07. The molecular formula is C18H21N3O2. The summed E-state index contributed by atoms with van der Waals surface area (Å²) in [6.07, 6.45) is 2.73. The normalized spacial score (nSPS) is 17.3. The molecule has 1 atom stereocenters. The van der Waals surface area contributed by atoms with Gasteiger partial charge in [-0.25, -0.2) is 5.01 Å². The Balaban J connectivity index is 1.90. The molecule has 0 N–H and O–H groups in total. The molecule has 1 amide bonds. The zero-order valence-electron chi connectivity index (χ0n) is 13.7. The molecule has 2 heterocycles. The van der Waals surface area contributed by atoms with Gasteiger partial charge in [-0.15, -0.1) is 0 Å². The van der Waals surface area contributed by atoms with Gasteiger partial charge in [0.2, 0.25) is 5.91 Å². The third kappa shape index (κ3) is 2.99. The highest BCUT2D eigenvalue weighted by molar-refractivity contribution is 6.01. The van der Waals surface area contributed by atoms with Gasteiger partial charge in [-0.3, -0.25) is 4.79 Å². The summed E-state index contributed by atoms with van der Waals surface area (Å²) in [6.45, 7) is 1.86. The lowest BCUT2D eigenvalue weighted by molar-refractivity contribution is -0.132. The van der Waals surface area contributed by atoms with E-state index in [1.54, 1.807) is 11.3 Å². The Hall–Kier alpha value is -2.56. The van der Waals surface area contributed by atoms with Crippen molar-refractivity contribution >= 4 is 17.3 Å². The molecule has 1 aromatic carbocycles. The number of amides is 1. The SMILES string of the molecule is CCC(=O)N1N=C(c2ccco2)C[C@H]1c1ccc(N(C)C)cc1. The molecule has 3 rings (SSSR count). The molecule has 23 heavy (non-hydrogen) atoms. The fourth-order valence-corrected chi connectivity index (χ4v) is 2.75. The molecule has 120 valence electrons. The van der Waals surface area contributed by atoms with Crippen molar-refractivity contribution in [3.63, 3.8) is 0 Å². The number of hydrogen-bond acceptors (Lipinski definition) is 4. The van der Waals surface area contributed by atoms with Crippen LogP contribution in [0, 0.1) is 0 Å². The molecule has 0 fully saturated rings. The van der Waals surface area contributed by atoms with E-state index in [1.165, 1.54) is 0 Å². The minimum atomic E-state index is -0.0706. The van der Waals surface area contributed by atoms with Gasteiger partial charge in [-0.05, 0) is 29.8 Å². The van der Waals surface area contributed by atoms with Crippen molar-refractivity contribution in [1.29, 1.82) is 0 Å². The van der Waals surface area contributed by atoms with Gasteiger partial charge in [0.15, 0.2) is 0 Å². The predicted octanol–water partition coefficient (Wildman–Crippen LogP) is 3.43. The van der Waals surface area contributed by atoms with Crippen LogP contribution in [0.5, 0.6) is 0 Å². The van der Waals surface area contributed by atoms with E-state index < -0.39 is 0 Å². The number of nitrogens with zero attached hydrogens (tertiary/aromatic N) is 3. The minimum Gasteiger partial charge on any atom is -0.463 e. The Morgan fingerprint density at radius 3 is 2.61 bits per heavy atom. The number of furan rings is 1. The molecule has 0 aliphatic carbocycles. The van der Waals surface area contributed by atoms with Crippen molar-refractivity contribution in [1.82, 2.24) is 5.01 Å². The summed E-state index contributed by atoms with van der Waals surface area (Å²) in [5.41, 5.74) is 3.04. The van der Waals surface area contributed by atoms with Crippen LogP contribution in [0.1, 0.15) is 37.1 Å². The van der Waals surface area contributed by atoms with Crippen molar-refractivity contribution in [2.45, 2.75) is 25.8 Å². The van der Waals surface area contributed by atoms with E-state index in [0.29, 0.717) is 12.8 Å². The molecule has 1 aliphatic heterocycles. The molecule has 5 heteroatoms. The van der Waals surface area contributed by atoms with Gasteiger partial charge in [-0.1, -0.05) is 19.1 Å². The summed E-state index contributed by atoms with van der Waals surface area (Å²) in [6, 6.07) is 11.9. The van der Waals surface area contributed by atoms with Crippen molar-refractivity contribution < 1.29 is 9.21 Å². The van der Waals surface area contributed by atoms with Gasteiger partial charge in [0.25, 0.3) is 0 Å². The van der Waals surface area contributed by atoms with Crippen LogP contribution < -0.4 is 4.90 Å². The lowest BCUT2D eigenvalue weighted by Crippen LogP contribution is -2.26. The Kier molecular flexibility index (Phi) is 4.19. The Morgan fingerprint density at radius 2 is 2.04 bits per heavy atom. The Labute approximate surface area is 136 Å². The van der Waals surface area contributed by atoms with E-state index in [9.17, 15) is 4.79 Å². The van der Waals surface area contributed by atoms with Crippen LogP contribution in [0.3, 0.4) is 0 Å². The quantitative estimate of drug-likeness (QED) is 0.869. The first-order chi connectivity index (χ1) is 11.1. The second-order valence-corrected chi connectivity index (χ2v) is 5.82. The van der Waals surface area contributed by atoms with Crippen LogP contribution in [0.4, 0.5) is 5.69 Å². The lowest BCUT2D eigenvalue weighted by Gasteiger charge is -2.22. The molecule has 0 saturated heterocycles. The zero-order valence-corrected chi connectivity index (χ0v) is 13.7. The average Bonchev–Trinajstić information content (AvgIpc) is 3.23. The van der Waals surface area contributed by atoms with Crippen LogP contribution in [0.15, 0.2) is 52.2 Å². The fourth-order valence-electron chi connectivity index (χ4n) is 2.75. The third-order valence-corrected chi connectivity index (χ3v) is 4.07. The lowest BCUT2D eigenvalue weighted by atomic mass is 10.0. The zero-order chi connectivity index (χ0) is 16.4. The van der Waals surface area contributed by atoms with Gasteiger partial charge in [-0.2, -0.15) is 5.10 Å². The number of carbonyl (C=O) groups is 1. The largest absolute Gasteiger partial charge is 0.463 e. The number of benzene rings is 1. The number of hydrazone groups is 1. The van der Waals surface area contributed by atoms with Crippen molar-refractivity contribution in [2.75, 3.05) is 19.0 Å². The summed E-state index contributed by atoms with van der Waals surface area (Å²) in [4.78, 5) is 14.3. The standard InChI is InChI=1S/C18H21N3O2/c1-4-18(22)21-16(12-15(19-21)17-6-5-11-23-17)13-7-9-14(10-8-13)20(2)3/h5-11,16H,4,12H2,1-3H3/t16-/m0/s1. The molecule has 1 aromatic heterocycles. The van der Waals surface area contributed by atoms with Crippen LogP contribution in [0.25, 0.3) is 0 Å². The topological polar surface area (TPSA) is 49.1 Å². The van der Waals surface area contributed by atoms with Crippen LogP contribution >= 0.6 is 0 Å². The van der Waals surface area contributed by atoms with E-state index in [4.69, 9.17) is 4.42 Å². The first kappa shape index (κ1) is 15.3. The predicted molar refractivity (Wildman–Crippen MR) is 90.5 cm³/mol. The molecular weight excluding hydrogens is 290 g/mol. The smallest absolute Gasteiger partial charge is 0.242 e. The highest BCUT2D eigenvalue weighted by Gasteiger charge is 2.33. The van der Waals surface area contributed by atoms with Gasteiger partial charge in [0.1, 0.15) is 11.5 Å². The highest BCUT2D eigenvalue weighted by Crippen LogP contribution is 2.34. The van der Waals surface area contributed by atoms with Crippen molar-refractivity contribution in [2.24, 2.45) is 5.10 Å². The molecule has 0 saturated carbocycles. The van der Waals surface area contributed by atoms with E-state index in [0.717, 1.165) is 22.7 Å². The molecule has 1 aliphatic rings. The average molecular weight is 311 g/mol. The summed E-state index contributed by atoms with van der Waals surface area (Å²) in [5.74, 6) is 0.750. The van der Waals surface area contributed by atoms with Gasteiger partial charge in [0.05, 0.1) is 12.3 Å². The molecule has 0 bridgehead atoms. The minimum absolute atomic E-state index is 0.0215. The highest BCUT2D eigenvalue weighted by atomic mass is 16.3. The van der Waals surface area contributed by atoms with E-state index in [1.807, 2.05) is 33.2 Å². The monoisotopic (exact) mass is 311 g/mol. The number of anilines is 1. The van der Waals surface area contributed by atoms with Crippen LogP contribution in [-0.4, -0.2) is 30.7 Å². The summed E-state index contributed by atoms with van der Waals surface area (Å²) >= 11 is 0. The summed E-state index contributed by atoms with van der Waals surface area (Å²) in [7, 11) is 4.02. The van der Waals surface area contributed by atoms with E-state index >= 15 is 0 Å². The van der Waals surface area contributed by atoms with Gasteiger partial charge >= 0.3 is 0 Å². The first-order valence-corrected chi connectivity index (χ1v) is 7.81. The van der Waals surface area contributed by atoms with E-state index in [-0.39, 0.29) is 11.9 Å². The molecule has 0 radical (unpaired) electrons. The summed E-state index contributed by atoms with van der Waals surface area (Å²) in [5, 5.41) is 6.11. The number of hydrogen-bond donors (Lipinski definition) is 0. The Bertz CT molecular complexity index is 702. The van der Waals surface area contributed by atoms with Crippen LogP contribution in [0.2, 0.25) is 0 Å². The Morgan fingerprint density at radius 1 is 1.30 bits per heavy atom. The van der Waals surface area contributed by atoms with Gasteiger partial charge in [0, 0.05) is 32.6 Å². The van der Waals surface area contributed by atoms with Gasteiger partial charge < -0.3 is 9.32 Å². The van der Waals surface area contributed by atoms with Crippen molar-refractivity contribution in [3.05, 3.63) is 54.0 Å². The molecule has 2 aromatic rings. The molecule has 0 spiro atoms. The fraction of sp³-hybridized carbons (Fsp3) is 0.333. The second kappa shape index (κ2) is 6.28. The van der Waals surface area contributed by atoms with Crippen LogP contribution in [-0.2, 0) is 4.79 Å².